The quantitative estimate of drug-likeness (QED) is 0.918. The SMILES string of the molecule is CCc1c(CC(C)(C)N)c(Cl)cc2c1OCCO2. The topological polar surface area (TPSA) is 44.5 Å². The second-order valence-corrected chi connectivity index (χ2v) is 5.77. The summed E-state index contributed by atoms with van der Waals surface area (Å²) in [5.74, 6) is 1.59. The van der Waals surface area contributed by atoms with Crippen LogP contribution in [0.2, 0.25) is 5.02 Å². The fourth-order valence-corrected chi connectivity index (χ4v) is 2.56. The molecule has 0 fully saturated rings. The zero-order valence-electron chi connectivity index (χ0n) is 11.2. The van der Waals surface area contributed by atoms with Gasteiger partial charge in [-0.15, -0.1) is 0 Å². The molecule has 0 atom stereocenters. The molecular formula is C14H20ClNO2. The molecule has 0 aliphatic carbocycles. The third kappa shape index (κ3) is 2.73. The molecule has 0 radical (unpaired) electrons. The van der Waals surface area contributed by atoms with E-state index in [4.69, 9.17) is 26.8 Å². The summed E-state index contributed by atoms with van der Waals surface area (Å²) >= 11 is 6.36. The van der Waals surface area contributed by atoms with Gasteiger partial charge < -0.3 is 15.2 Å². The summed E-state index contributed by atoms with van der Waals surface area (Å²) in [6.45, 7) is 7.26. The lowest BCUT2D eigenvalue weighted by Crippen LogP contribution is -2.35. The molecule has 3 nitrogen and oxygen atoms in total. The normalized spacial score (nSPS) is 14.7. The minimum Gasteiger partial charge on any atom is -0.486 e. The number of benzene rings is 1. The monoisotopic (exact) mass is 269 g/mol. The Morgan fingerprint density at radius 2 is 1.94 bits per heavy atom. The van der Waals surface area contributed by atoms with E-state index in [0.717, 1.165) is 40.5 Å². The Kier molecular flexibility index (Phi) is 3.74. The van der Waals surface area contributed by atoms with E-state index in [0.29, 0.717) is 13.2 Å². The maximum atomic E-state index is 6.36. The Morgan fingerprint density at radius 3 is 2.56 bits per heavy atom. The molecule has 18 heavy (non-hydrogen) atoms. The average molecular weight is 270 g/mol. The van der Waals surface area contributed by atoms with Crippen molar-refractivity contribution in [3.63, 3.8) is 0 Å². The molecule has 2 rings (SSSR count). The lowest BCUT2D eigenvalue weighted by molar-refractivity contribution is 0.169. The van der Waals surface area contributed by atoms with Crippen LogP contribution < -0.4 is 15.2 Å². The third-order valence-electron chi connectivity index (χ3n) is 2.98. The fraction of sp³-hybridized carbons (Fsp3) is 0.571. The van der Waals surface area contributed by atoms with Crippen LogP contribution in [0, 0.1) is 0 Å². The zero-order chi connectivity index (χ0) is 13.3. The predicted molar refractivity (Wildman–Crippen MR) is 73.8 cm³/mol. The van der Waals surface area contributed by atoms with E-state index in [1.165, 1.54) is 0 Å². The number of hydrogen-bond donors (Lipinski definition) is 1. The smallest absolute Gasteiger partial charge is 0.164 e. The highest BCUT2D eigenvalue weighted by Crippen LogP contribution is 2.41. The molecule has 1 heterocycles. The fourth-order valence-electron chi connectivity index (χ4n) is 2.28. The summed E-state index contributed by atoms with van der Waals surface area (Å²) in [7, 11) is 0. The van der Waals surface area contributed by atoms with E-state index < -0.39 is 0 Å². The van der Waals surface area contributed by atoms with E-state index >= 15 is 0 Å². The first-order valence-electron chi connectivity index (χ1n) is 6.31. The van der Waals surface area contributed by atoms with E-state index in [1.54, 1.807) is 0 Å². The zero-order valence-corrected chi connectivity index (χ0v) is 11.9. The van der Waals surface area contributed by atoms with Crippen molar-refractivity contribution < 1.29 is 9.47 Å². The largest absolute Gasteiger partial charge is 0.486 e. The standard InChI is InChI=1S/C14H20ClNO2/c1-4-9-10(8-14(2,3)16)11(15)7-12-13(9)18-6-5-17-12/h7H,4-6,8,16H2,1-3H3. The highest BCUT2D eigenvalue weighted by Gasteiger charge is 2.24. The van der Waals surface area contributed by atoms with Gasteiger partial charge in [0.05, 0.1) is 0 Å². The first-order valence-corrected chi connectivity index (χ1v) is 6.69. The van der Waals surface area contributed by atoms with Gasteiger partial charge in [-0.2, -0.15) is 0 Å². The summed E-state index contributed by atoms with van der Waals surface area (Å²) in [5.41, 5.74) is 8.01. The van der Waals surface area contributed by atoms with E-state index in [2.05, 4.69) is 6.92 Å². The lowest BCUT2D eigenvalue weighted by atomic mass is 9.91. The van der Waals surface area contributed by atoms with Gasteiger partial charge in [-0.25, -0.2) is 0 Å². The van der Waals surface area contributed by atoms with Crippen LogP contribution in [0.4, 0.5) is 0 Å². The Morgan fingerprint density at radius 1 is 1.28 bits per heavy atom. The van der Waals surface area contributed by atoms with Crippen molar-refractivity contribution in [2.24, 2.45) is 5.73 Å². The van der Waals surface area contributed by atoms with Gasteiger partial charge in [0.15, 0.2) is 11.5 Å². The van der Waals surface area contributed by atoms with Gasteiger partial charge >= 0.3 is 0 Å². The van der Waals surface area contributed by atoms with Crippen LogP contribution in [-0.4, -0.2) is 18.8 Å². The van der Waals surface area contributed by atoms with Gasteiger partial charge in [0, 0.05) is 22.2 Å². The van der Waals surface area contributed by atoms with E-state index in [1.807, 2.05) is 19.9 Å². The minimum absolute atomic E-state index is 0.294. The van der Waals surface area contributed by atoms with Crippen molar-refractivity contribution in [2.45, 2.75) is 39.2 Å². The van der Waals surface area contributed by atoms with Crippen LogP contribution in [0.5, 0.6) is 11.5 Å². The summed E-state index contributed by atoms with van der Waals surface area (Å²) in [6, 6.07) is 1.84. The van der Waals surface area contributed by atoms with Crippen molar-refractivity contribution in [3.05, 3.63) is 22.2 Å². The molecule has 4 heteroatoms. The first-order chi connectivity index (χ1) is 8.42. The number of nitrogens with two attached hydrogens (primary N) is 1. The van der Waals surface area contributed by atoms with Crippen LogP contribution in [0.3, 0.4) is 0 Å². The van der Waals surface area contributed by atoms with Gasteiger partial charge in [-0.1, -0.05) is 18.5 Å². The van der Waals surface area contributed by atoms with Crippen LogP contribution in [-0.2, 0) is 12.8 Å². The molecule has 1 aliphatic heterocycles. The molecule has 2 N–H and O–H groups in total. The van der Waals surface area contributed by atoms with Crippen molar-refractivity contribution in [3.8, 4) is 11.5 Å². The molecule has 1 aromatic rings. The maximum Gasteiger partial charge on any atom is 0.164 e. The third-order valence-corrected chi connectivity index (χ3v) is 3.32. The average Bonchev–Trinajstić information content (AvgIpc) is 2.28. The summed E-state index contributed by atoms with van der Waals surface area (Å²) < 4.78 is 11.3. The number of hydrogen-bond acceptors (Lipinski definition) is 3. The maximum absolute atomic E-state index is 6.36. The molecule has 0 spiro atoms. The Hall–Kier alpha value is -0.930. The van der Waals surface area contributed by atoms with Gasteiger partial charge in [0.1, 0.15) is 13.2 Å². The highest BCUT2D eigenvalue weighted by atomic mass is 35.5. The number of ether oxygens (including phenoxy) is 2. The molecule has 0 bridgehead atoms. The number of halogens is 1. The van der Waals surface area contributed by atoms with Crippen LogP contribution in [0.1, 0.15) is 31.9 Å². The van der Waals surface area contributed by atoms with Crippen LogP contribution >= 0.6 is 11.6 Å². The van der Waals surface area contributed by atoms with Gasteiger partial charge in [0.25, 0.3) is 0 Å². The second-order valence-electron chi connectivity index (χ2n) is 5.36. The molecule has 0 amide bonds. The van der Waals surface area contributed by atoms with Crippen molar-refractivity contribution in [1.82, 2.24) is 0 Å². The first kappa shape index (κ1) is 13.5. The second kappa shape index (κ2) is 4.98. The Bertz CT molecular complexity index is 452. The number of fused-ring (bicyclic) bond motifs is 1. The summed E-state index contributed by atoms with van der Waals surface area (Å²) in [4.78, 5) is 0. The highest BCUT2D eigenvalue weighted by molar-refractivity contribution is 6.31. The van der Waals surface area contributed by atoms with E-state index in [-0.39, 0.29) is 5.54 Å². The van der Waals surface area contributed by atoms with Crippen LogP contribution in [0.15, 0.2) is 6.07 Å². The molecule has 0 unspecified atom stereocenters. The predicted octanol–water partition coefficient (Wildman–Crippen LogP) is 2.95. The molecule has 1 aliphatic rings. The summed E-state index contributed by atoms with van der Waals surface area (Å²) in [6.07, 6.45) is 1.59. The minimum atomic E-state index is -0.294. The lowest BCUT2D eigenvalue weighted by Gasteiger charge is -2.26. The molecule has 1 aromatic carbocycles. The molecule has 0 aromatic heterocycles. The molecule has 0 saturated heterocycles. The van der Waals surface area contributed by atoms with Crippen LogP contribution in [0.25, 0.3) is 0 Å². The molecular weight excluding hydrogens is 250 g/mol. The van der Waals surface area contributed by atoms with E-state index in [9.17, 15) is 0 Å². The number of rotatable bonds is 3. The van der Waals surface area contributed by atoms with Gasteiger partial charge in [0.2, 0.25) is 0 Å². The van der Waals surface area contributed by atoms with Crippen molar-refractivity contribution in [2.75, 3.05) is 13.2 Å². The Balaban J connectivity index is 2.51. The van der Waals surface area contributed by atoms with Gasteiger partial charge in [-0.05, 0) is 32.3 Å². The van der Waals surface area contributed by atoms with Gasteiger partial charge in [-0.3, -0.25) is 0 Å². The Labute approximate surface area is 113 Å². The summed E-state index contributed by atoms with van der Waals surface area (Å²) in [5, 5.41) is 0.717. The van der Waals surface area contributed by atoms with Crippen molar-refractivity contribution >= 4 is 11.6 Å². The molecule has 0 saturated carbocycles. The molecule has 100 valence electrons. The van der Waals surface area contributed by atoms with Crippen molar-refractivity contribution in [1.29, 1.82) is 0 Å².